The third kappa shape index (κ3) is 5.63. The first kappa shape index (κ1) is 16.2. The molecule has 0 aromatic heterocycles. The van der Waals surface area contributed by atoms with Gasteiger partial charge >= 0.3 is 0 Å². The first-order valence-electron chi connectivity index (χ1n) is 7.17. The van der Waals surface area contributed by atoms with E-state index in [1.165, 1.54) is 0 Å². The molecule has 1 unspecified atom stereocenters. The fourth-order valence-electron chi connectivity index (χ4n) is 2.34. The average Bonchev–Trinajstić information content (AvgIpc) is 2.47. The molecule has 2 N–H and O–H groups in total. The lowest BCUT2D eigenvalue weighted by Crippen LogP contribution is -2.49. The first-order chi connectivity index (χ1) is 10.2. The number of rotatable bonds is 6. The minimum atomic E-state index is 0.0371. The minimum Gasteiger partial charge on any atom is -0.374 e. The van der Waals surface area contributed by atoms with E-state index in [-0.39, 0.29) is 12.0 Å². The van der Waals surface area contributed by atoms with E-state index in [9.17, 15) is 4.79 Å². The van der Waals surface area contributed by atoms with Crippen LogP contribution in [0.1, 0.15) is 5.56 Å². The van der Waals surface area contributed by atoms with Crippen molar-refractivity contribution in [1.29, 1.82) is 0 Å². The molecule has 1 aliphatic rings. The number of nitrogens with one attached hydrogen (secondary N) is 2. The minimum absolute atomic E-state index is 0.0371. The normalized spacial score (nSPS) is 19.4. The standard InChI is InChI=1S/C15H22ClN3O2/c1-17-9-14-10-19(6-7-21-14)11-15(20)18-8-12-2-4-13(16)5-3-12/h2-5,14,17H,6-11H2,1H3,(H,18,20). The molecule has 1 saturated heterocycles. The largest absolute Gasteiger partial charge is 0.374 e. The number of amides is 1. The maximum absolute atomic E-state index is 12.0. The summed E-state index contributed by atoms with van der Waals surface area (Å²) in [4.78, 5) is 14.1. The molecule has 1 aromatic carbocycles. The second-order valence-corrected chi connectivity index (χ2v) is 5.63. The summed E-state index contributed by atoms with van der Waals surface area (Å²) in [6.07, 6.45) is 0.160. The van der Waals surface area contributed by atoms with Gasteiger partial charge in [-0.1, -0.05) is 23.7 Å². The third-order valence-corrected chi connectivity index (χ3v) is 3.68. The van der Waals surface area contributed by atoms with E-state index in [2.05, 4.69) is 15.5 Å². The van der Waals surface area contributed by atoms with E-state index in [1.807, 2.05) is 31.3 Å². The number of likely N-dealkylation sites (N-methyl/N-ethyl adjacent to an activating group) is 1. The second-order valence-electron chi connectivity index (χ2n) is 5.19. The average molecular weight is 312 g/mol. The Hall–Kier alpha value is -1.14. The van der Waals surface area contributed by atoms with Gasteiger partial charge in [0.1, 0.15) is 0 Å². The number of ether oxygens (including phenoxy) is 1. The van der Waals surface area contributed by atoms with Crippen molar-refractivity contribution in [2.24, 2.45) is 0 Å². The van der Waals surface area contributed by atoms with E-state index in [0.29, 0.717) is 24.7 Å². The fraction of sp³-hybridized carbons (Fsp3) is 0.533. The highest BCUT2D eigenvalue weighted by atomic mass is 35.5. The molecule has 21 heavy (non-hydrogen) atoms. The van der Waals surface area contributed by atoms with Gasteiger partial charge in [-0.15, -0.1) is 0 Å². The van der Waals surface area contributed by atoms with Crippen molar-refractivity contribution in [3.05, 3.63) is 34.9 Å². The Bertz CT molecular complexity index is 451. The van der Waals surface area contributed by atoms with Crippen molar-refractivity contribution in [2.45, 2.75) is 12.6 Å². The van der Waals surface area contributed by atoms with Crippen LogP contribution >= 0.6 is 11.6 Å². The van der Waals surface area contributed by atoms with Crippen LogP contribution in [0.2, 0.25) is 5.02 Å². The first-order valence-corrected chi connectivity index (χ1v) is 7.55. The molecular formula is C15H22ClN3O2. The highest BCUT2D eigenvalue weighted by molar-refractivity contribution is 6.30. The van der Waals surface area contributed by atoms with Gasteiger partial charge in [0.15, 0.2) is 0 Å². The zero-order chi connectivity index (χ0) is 15.1. The van der Waals surface area contributed by atoms with Gasteiger partial charge in [-0.3, -0.25) is 9.69 Å². The number of halogens is 1. The Kier molecular flexibility index (Phi) is 6.45. The molecule has 1 atom stereocenters. The lowest BCUT2D eigenvalue weighted by molar-refractivity contribution is -0.124. The molecule has 1 aromatic rings. The van der Waals surface area contributed by atoms with Crippen LogP contribution in [0.25, 0.3) is 0 Å². The summed E-state index contributed by atoms with van der Waals surface area (Å²) in [5.41, 5.74) is 1.04. The number of hydrogen-bond acceptors (Lipinski definition) is 4. The second kappa shape index (κ2) is 8.34. The van der Waals surface area contributed by atoms with Crippen molar-refractivity contribution in [3.63, 3.8) is 0 Å². The Morgan fingerprint density at radius 3 is 2.90 bits per heavy atom. The Balaban J connectivity index is 1.72. The highest BCUT2D eigenvalue weighted by Gasteiger charge is 2.21. The SMILES string of the molecule is CNCC1CN(CC(=O)NCc2ccc(Cl)cc2)CCO1. The van der Waals surface area contributed by atoms with E-state index < -0.39 is 0 Å². The summed E-state index contributed by atoms with van der Waals surface area (Å²) in [5.74, 6) is 0.0371. The molecular weight excluding hydrogens is 290 g/mol. The van der Waals surface area contributed by atoms with Gasteiger partial charge in [0.2, 0.25) is 5.91 Å². The molecule has 0 radical (unpaired) electrons. The third-order valence-electron chi connectivity index (χ3n) is 3.42. The van der Waals surface area contributed by atoms with Gasteiger partial charge in [0.05, 0.1) is 19.3 Å². The number of morpholine rings is 1. The van der Waals surface area contributed by atoms with Gasteiger partial charge in [0.25, 0.3) is 0 Å². The maximum atomic E-state index is 12.0. The van der Waals surface area contributed by atoms with Crippen LogP contribution < -0.4 is 10.6 Å². The molecule has 5 nitrogen and oxygen atoms in total. The summed E-state index contributed by atoms with van der Waals surface area (Å²) in [6.45, 7) is 4.01. The molecule has 116 valence electrons. The lowest BCUT2D eigenvalue weighted by atomic mass is 10.2. The van der Waals surface area contributed by atoms with Gasteiger partial charge in [-0.2, -0.15) is 0 Å². The molecule has 1 heterocycles. The van der Waals surface area contributed by atoms with Crippen LogP contribution in [-0.4, -0.2) is 56.7 Å². The zero-order valence-corrected chi connectivity index (χ0v) is 13.0. The van der Waals surface area contributed by atoms with E-state index >= 15 is 0 Å². The summed E-state index contributed by atoms with van der Waals surface area (Å²) >= 11 is 5.83. The smallest absolute Gasteiger partial charge is 0.234 e. The molecule has 0 aliphatic carbocycles. The maximum Gasteiger partial charge on any atom is 0.234 e. The number of carbonyl (C=O) groups is 1. The number of nitrogens with zero attached hydrogens (tertiary/aromatic N) is 1. The molecule has 6 heteroatoms. The topological polar surface area (TPSA) is 53.6 Å². The van der Waals surface area contributed by atoms with E-state index in [4.69, 9.17) is 16.3 Å². The van der Waals surface area contributed by atoms with Crippen molar-refractivity contribution >= 4 is 17.5 Å². The Morgan fingerprint density at radius 2 is 2.19 bits per heavy atom. The highest BCUT2D eigenvalue weighted by Crippen LogP contribution is 2.09. The summed E-state index contributed by atoms with van der Waals surface area (Å²) in [6, 6.07) is 7.49. The van der Waals surface area contributed by atoms with Crippen LogP contribution in [0.4, 0.5) is 0 Å². The lowest BCUT2D eigenvalue weighted by Gasteiger charge is -2.32. The van der Waals surface area contributed by atoms with Crippen LogP contribution in [0.15, 0.2) is 24.3 Å². The molecule has 0 saturated carbocycles. The molecule has 1 fully saturated rings. The molecule has 1 aliphatic heterocycles. The van der Waals surface area contributed by atoms with Crippen LogP contribution in [0.5, 0.6) is 0 Å². The van der Waals surface area contributed by atoms with Crippen molar-refractivity contribution < 1.29 is 9.53 Å². The monoisotopic (exact) mass is 311 g/mol. The molecule has 2 rings (SSSR count). The van der Waals surface area contributed by atoms with Crippen molar-refractivity contribution in [1.82, 2.24) is 15.5 Å². The van der Waals surface area contributed by atoms with E-state index in [0.717, 1.165) is 25.2 Å². The van der Waals surface area contributed by atoms with Crippen LogP contribution in [0, 0.1) is 0 Å². The van der Waals surface area contributed by atoms with Gasteiger partial charge < -0.3 is 15.4 Å². The van der Waals surface area contributed by atoms with Crippen molar-refractivity contribution in [3.8, 4) is 0 Å². The summed E-state index contributed by atoms with van der Waals surface area (Å²) in [5, 5.41) is 6.73. The Labute approximate surface area is 130 Å². The van der Waals surface area contributed by atoms with Gasteiger partial charge in [-0.05, 0) is 24.7 Å². The molecule has 0 bridgehead atoms. The zero-order valence-electron chi connectivity index (χ0n) is 12.3. The summed E-state index contributed by atoms with van der Waals surface area (Å²) < 4.78 is 5.62. The van der Waals surface area contributed by atoms with Crippen LogP contribution in [-0.2, 0) is 16.1 Å². The fourth-order valence-corrected chi connectivity index (χ4v) is 2.46. The van der Waals surface area contributed by atoms with Crippen molar-refractivity contribution in [2.75, 3.05) is 39.8 Å². The number of hydrogen-bond donors (Lipinski definition) is 2. The Morgan fingerprint density at radius 1 is 1.43 bits per heavy atom. The molecule has 0 spiro atoms. The summed E-state index contributed by atoms with van der Waals surface area (Å²) in [7, 11) is 1.90. The predicted octanol–water partition coefficient (Wildman–Crippen LogP) is 0.876. The van der Waals surface area contributed by atoms with Gasteiger partial charge in [0, 0.05) is 31.2 Å². The predicted molar refractivity (Wildman–Crippen MR) is 83.4 cm³/mol. The van der Waals surface area contributed by atoms with Crippen LogP contribution in [0.3, 0.4) is 0 Å². The van der Waals surface area contributed by atoms with E-state index in [1.54, 1.807) is 0 Å². The number of carbonyl (C=O) groups excluding carboxylic acids is 1. The quantitative estimate of drug-likeness (QED) is 0.819. The molecule has 1 amide bonds. The number of benzene rings is 1. The van der Waals surface area contributed by atoms with Gasteiger partial charge in [-0.25, -0.2) is 0 Å².